The van der Waals surface area contributed by atoms with Crippen LogP contribution in [0.3, 0.4) is 0 Å². The van der Waals surface area contributed by atoms with Crippen LogP contribution in [0.5, 0.6) is 0 Å². The maximum atomic E-state index is 13.0. The fourth-order valence-electron chi connectivity index (χ4n) is 3.80. The van der Waals surface area contributed by atoms with Gasteiger partial charge in [0.2, 0.25) is 0 Å². The first kappa shape index (κ1) is 16.4. The average Bonchev–Trinajstić information content (AvgIpc) is 2.61. The maximum absolute atomic E-state index is 13.0. The Kier molecular flexibility index (Phi) is 4.16. The Hall–Kier alpha value is -2.06. The lowest BCUT2D eigenvalue weighted by Crippen LogP contribution is -2.28. The Morgan fingerprint density at radius 3 is 2.24 bits per heavy atom. The van der Waals surface area contributed by atoms with Gasteiger partial charge in [0.25, 0.3) is 0 Å². The molecular formula is C23H22OS. The van der Waals surface area contributed by atoms with Crippen LogP contribution in [-0.4, -0.2) is 5.78 Å². The molecule has 0 fully saturated rings. The predicted molar refractivity (Wildman–Crippen MR) is 106 cm³/mol. The summed E-state index contributed by atoms with van der Waals surface area (Å²) in [6.07, 6.45) is 3.90. The first-order valence-electron chi connectivity index (χ1n) is 8.80. The van der Waals surface area contributed by atoms with Crippen LogP contribution in [0.4, 0.5) is 0 Å². The van der Waals surface area contributed by atoms with Crippen molar-refractivity contribution in [3.05, 3.63) is 88.3 Å². The number of rotatable bonds is 2. The van der Waals surface area contributed by atoms with Crippen molar-refractivity contribution in [2.24, 2.45) is 5.41 Å². The summed E-state index contributed by atoms with van der Waals surface area (Å²) in [5.41, 5.74) is 3.51. The second-order valence-corrected chi connectivity index (χ2v) is 8.80. The summed E-state index contributed by atoms with van der Waals surface area (Å²) in [6, 6.07) is 20.9. The smallest absolute Gasteiger partial charge is 0.161 e. The molecule has 1 atom stereocenters. The van der Waals surface area contributed by atoms with Gasteiger partial charge in [0.1, 0.15) is 0 Å². The second kappa shape index (κ2) is 6.34. The van der Waals surface area contributed by atoms with Crippen LogP contribution in [0.25, 0.3) is 4.91 Å². The zero-order valence-electron chi connectivity index (χ0n) is 14.7. The van der Waals surface area contributed by atoms with Crippen molar-refractivity contribution in [3.63, 3.8) is 0 Å². The number of benzene rings is 2. The Morgan fingerprint density at radius 1 is 0.920 bits per heavy atom. The van der Waals surface area contributed by atoms with Gasteiger partial charge >= 0.3 is 0 Å². The van der Waals surface area contributed by atoms with Gasteiger partial charge in [-0.05, 0) is 27.9 Å². The van der Waals surface area contributed by atoms with Gasteiger partial charge in [-0.25, -0.2) is 0 Å². The molecule has 1 nitrogen and oxygen atoms in total. The first-order chi connectivity index (χ1) is 12.0. The second-order valence-electron chi connectivity index (χ2n) is 7.67. The van der Waals surface area contributed by atoms with Crippen LogP contribution in [0.2, 0.25) is 0 Å². The van der Waals surface area contributed by atoms with E-state index < -0.39 is 0 Å². The zero-order valence-corrected chi connectivity index (χ0v) is 15.5. The molecule has 2 heteroatoms. The highest BCUT2D eigenvalue weighted by Gasteiger charge is 2.38. The third kappa shape index (κ3) is 3.23. The van der Waals surface area contributed by atoms with Crippen LogP contribution in [0.15, 0.2) is 77.2 Å². The summed E-state index contributed by atoms with van der Waals surface area (Å²) in [4.78, 5) is 15.5. The number of hydrogen-bond donors (Lipinski definition) is 0. The number of allylic oxidation sites excluding steroid dienone is 3. The molecule has 25 heavy (non-hydrogen) atoms. The van der Waals surface area contributed by atoms with Crippen molar-refractivity contribution in [2.45, 2.75) is 32.6 Å². The fraction of sp³-hybridized carbons (Fsp3) is 0.261. The molecule has 2 aromatic rings. The summed E-state index contributed by atoms with van der Waals surface area (Å²) in [5.74, 6) is 0.382. The van der Waals surface area contributed by atoms with E-state index in [1.165, 1.54) is 20.9 Å². The van der Waals surface area contributed by atoms with E-state index in [0.717, 1.165) is 12.0 Å². The highest BCUT2D eigenvalue weighted by Crippen LogP contribution is 2.53. The summed E-state index contributed by atoms with van der Waals surface area (Å²) < 4.78 is 0. The number of carbonyl (C=O) groups is 1. The molecule has 0 radical (unpaired) electrons. The zero-order chi connectivity index (χ0) is 17.4. The van der Waals surface area contributed by atoms with E-state index in [2.05, 4.69) is 68.5 Å². The average molecular weight is 346 g/mol. The van der Waals surface area contributed by atoms with Crippen molar-refractivity contribution in [1.82, 2.24) is 0 Å². The molecule has 0 saturated heterocycles. The molecule has 1 aliphatic heterocycles. The van der Waals surface area contributed by atoms with E-state index in [0.29, 0.717) is 12.2 Å². The number of carbonyl (C=O) groups excluding carboxylic acids is 1. The largest absolute Gasteiger partial charge is 0.294 e. The molecule has 0 amide bonds. The third-order valence-electron chi connectivity index (χ3n) is 4.96. The van der Waals surface area contributed by atoms with E-state index >= 15 is 0 Å². The molecular weight excluding hydrogens is 324 g/mol. The molecule has 1 aliphatic carbocycles. The van der Waals surface area contributed by atoms with E-state index in [1.54, 1.807) is 11.8 Å². The molecule has 0 spiro atoms. The van der Waals surface area contributed by atoms with E-state index in [1.807, 2.05) is 12.1 Å². The van der Waals surface area contributed by atoms with Crippen LogP contribution < -0.4 is 0 Å². The minimum absolute atomic E-state index is 0.0449. The molecule has 2 aliphatic rings. The highest BCUT2D eigenvalue weighted by molar-refractivity contribution is 8.11. The van der Waals surface area contributed by atoms with Gasteiger partial charge in [-0.2, -0.15) is 0 Å². The monoisotopic (exact) mass is 346 g/mol. The van der Waals surface area contributed by atoms with Crippen LogP contribution in [-0.2, 0) is 4.79 Å². The van der Waals surface area contributed by atoms with Crippen molar-refractivity contribution >= 4 is 22.5 Å². The Balaban J connectivity index is 1.84. The molecule has 4 rings (SSSR count). The van der Waals surface area contributed by atoms with Crippen LogP contribution in [0, 0.1) is 5.41 Å². The summed E-state index contributed by atoms with van der Waals surface area (Å²) in [7, 11) is 0. The summed E-state index contributed by atoms with van der Waals surface area (Å²) >= 11 is 1.79. The van der Waals surface area contributed by atoms with Gasteiger partial charge in [0, 0.05) is 22.8 Å². The number of Topliss-reactive ketones (excluding diaryl/α,β-unsaturated/α-hetero) is 1. The van der Waals surface area contributed by atoms with Gasteiger partial charge in [-0.3, -0.25) is 4.79 Å². The number of ketones is 1. The fourth-order valence-corrected chi connectivity index (χ4v) is 5.34. The van der Waals surface area contributed by atoms with Crippen molar-refractivity contribution in [3.8, 4) is 0 Å². The van der Waals surface area contributed by atoms with Crippen molar-refractivity contribution < 1.29 is 4.79 Å². The van der Waals surface area contributed by atoms with Crippen molar-refractivity contribution in [2.75, 3.05) is 0 Å². The van der Waals surface area contributed by atoms with Crippen molar-refractivity contribution in [1.29, 1.82) is 0 Å². The van der Waals surface area contributed by atoms with Crippen LogP contribution in [0.1, 0.15) is 43.7 Å². The van der Waals surface area contributed by atoms with Gasteiger partial charge in [0.15, 0.2) is 5.78 Å². The number of thioether (sulfide) groups is 1. The quantitative estimate of drug-likeness (QED) is 0.644. The minimum atomic E-state index is 0.0449. The van der Waals surface area contributed by atoms with Gasteiger partial charge in [0.05, 0.1) is 0 Å². The molecule has 2 aromatic carbocycles. The number of hydrogen-bond acceptors (Lipinski definition) is 2. The Labute approximate surface area is 153 Å². The van der Waals surface area contributed by atoms with E-state index in [-0.39, 0.29) is 11.3 Å². The lowest BCUT2D eigenvalue weighted by atomic mass is 9.73. The van der Waals surface area contributed by atoms with Gasteiger partial charge in [-0.1, -0.05) is 92.3 Å². The van der Waals surface area contributed by atoms with Gasteiger partial charge < -0.3 is 0 Å². The van der Waals surface area contributed by atoms with E-state index in [9.17, 15) is 4.79 Å². The predicted octanol–water partition coefficient (Wildman–Crippen LogP) is 6.20. The standard InChI is InChI=1S/C23H22OS/c1-23(2)14-19(24)22-18(16-9-5-3-6-10-16)13-20(25-21(22)15-23)17-11-7-4-8-12-17/h3-13,18H,14-15H2,1-2H3/t18-/m0/s1. The Bertz CT molecular complexity index is 859. The molecule has 0 unspecified atom stereocenters. The minimum Gasteiger partial charge on any atom is -0.294 e. The molecule has 1 heterocycles. The molecule has 0 aromatic heterocycles. The SMILES string of the molecule is CC1(C)CC(=O)C2=C(C1)SC(c1ccccc1)=C[C@H]2c1ccccc1. The highest BCUT2D eigenvalue weighted by atomic mass is 32.2. The van der Waals surface area contributed by atoms with E-state index in [4.69, 9.17) is 0 Å². The normalized spacial score (nSPS) is 22.4. The molecule has 0 saturated carbocycles. The molecule has 0 bridgehead atoms. The van der Waals surface area contributed by atoms with Gasteiger partial charge in [-0.15, -0.1) is 0 Å². The maximum Gasteiger partial charge on any atom is 0.161 e. The topological polar surface area (TPSA) is 17.1 Å². The molecule has 126 valence electrons. The third-order valence-corrected chi connectivity index (χ3v) is 6.16. The molecule has 0 N–H and O–H groups in total. The summed E-state index contributed by atoms with van der Waals surface area (Å²) in [6.45, 7) is 4.40. The lowest BCUT2D eigenvalue weighted by Gasteiger charge is -2.37. The lowest BCUT2D eigenvalue weighted by molar-refractivity contribution is -0.118. The summed E-state index contributed by atoms with van der Waals surface area (Å²) in [5, 5.41) is 0. The van der Waals surface area contributed by atoms with Crippen LogP contribution >= 0.6 is 11.8 Å². The Morgan fingerprint density at radius 2 is 1.56 bits per heavy atom. The first-order valence-corrected chi connectivity index (χ1v) is 9.61.